The summed E-state index contributed by atoms with van der Waals surface area (Å²) in [5.41, 5.74) is 2.09. The van der Waals surface area contributed by atoms with Crippen molar-refractivity contribution in [2.24, 2.45) is 5.92 Å². The van der Waals surface area contributed by atoms with E-state index in [2.05, 4.69) is 18.8 Å². The fraction of sp³-hybridized carbons (Fsp3) is 0.440. The van der Waals surface area contributed by atoms with Crippen molar-refractivity contribution >= 4 is 28.5 Å². The fourth-order valence-corrected chi connectivity index (χ4v) is 4.59. The maximum atomic E-state index is 13.2. The van der Waals surface area contributed by atoms with Gasteiger partial charge in [0, 0.05) is 24.7 Å². The molecule has 0 bridgehead atoms. The Kier molecular flexibility index (Phi) is 6.98. The Balaban J connectivity index is 1.46. The Bertz CT molecular complexity index is 1190. The van der Waals surface area contributed by atoms with Gasteiger partial charge in [-0.05, 0) is 49.4 Å². The molecule has 0 atom stereocenters. The van der Waals surface area contributed by atoms with Crippen LogP contribution in [0, 0.1) is 5.92 Å². The Labute approximate surface area is 198 Å². The van der Waals surface area contributed by atoms with E-state index in [0.29, 0.717) is 60.5 Å². The number of rotatable bonds is 7. The summed E-state index contributed by atoms with van der Waals surface area (Å²) >= 11 is 6.46. The molecule has 0 spiro atoms. The van der Waals surface area contributed by atoms with Crippen LogP contribution in [0.1, 0.15) is 49.5 Å². The van der Waals surface area contributed by atoms with Gasteiger partial charge in [-0.15, -0.1) is 0 Å². The molecule has 0 radical (unpaired) electrons. The number of benzene rings is 2. The van der Waals surface area contributed by atoms with Crippen LogP contribution in [0.25, 0.3) is 11.0 Å². The quantitative estimate of drug-likeness (QED) is 0.532. The first-order valence-electron chi connectivity index (χ1n) is 11.4. The van der Waals surface area contributed by atoms with Crippen LogP contribution in [0.2, 0.25) is 5.02 Å². The number of carbonyl (C=O) groups is 1. The number of imidazole rings is 1. The average Bonchev–Trinajstić information content (AvgIpc) is 3.14. The van der Waals surface area contributed by atoms with E-state index in [1.54, 1.807) is 24.1 Å². The molecule has 1 aliphatic heterocycles. The van der Waals surface area contributed by atoms with E-state index in [0.717, 1.165) is 17.5 Å². The van der Waals surface area contributed by atoms with Crippen molar-refractivity contribution in [3.05, 3.63) is 57.5 Å². The van der Waals surface area contributed by atoms with E-state index >= 15 is 0 Å². The summed E-state index contributed by atoms with van der Waals surface area (Å²) in [6, 6.07) is 11.1. The topological polar surface area (TPSA) is 76.6 Å². The molecule has 4 rings (SSSR count). The van der Waals surface area contributed by atoms with Crippen molar-refractivity contribution in [1.29, 1.82) is 0 Å². The number of ether oxygens (including phenoxy) is 2. The second-order valence-electron chi connectivity index (χ2n) is 8.86. The van der Waals surface area contributed by atoms with Crippen LogP contribution in [-0.4, -0.2) is 47.2 Å². The summed E-state index contributed by atoms with van der Waals surface area (Å²) in [4.78, 5) is 30.4. The van der Waals surface area contributed by atoms with E-state index in [1.165, 1.54) is 0 Å². The predicted molar refractivity (Wildman–Crippen MR) is 130 cm³/mol. The zero-order valence-corrected chi connectivity index (χ0v) is 20.0. The third-order valence-electron chi connectivity index (χ3n) is 6.16. The van der Waals surface area contributed by atoms with Gasteiger partial charge < -0.3 is 19.4 Å². The first-order valence-corrected chi connectivity index (χ1v) is 11.8. The second kappa shape index (κ2) is 9.91. The Morgan fingerprint density at radius 2 is 1.94 bits per heavy atom. The minimum Gasteiger partial charge on any atom is -0.493 e. The minimum atomic E-state index is -0.106. The third-order valence-corrected chi connectivity index (χ3v) is 6.44. The smallest absolute Gasteiger partial charge is 0.326 e. The first-order chi connectivity index (χ1) is 15.9. The van der Waals surface area contributed by atoms with Crippen molar-refractivity contribution in [3.63, 3.8) is 0 Å². The molecule has 1 aliphatic rings. The minimum absolute atomic E-state index is 0.0487. The molecule has 0 unspecified atom stereocenters. The lowest BCUT2D eigenvalue weighted by Gasteiger charge is -2.32. The molecular weight excluding hydrogens is 442 g/mol. The van der Waals surface area contributed by atoms with Crippen molar-refractivity contribution in [2.75, 3.05) is 26.8 Å². The predicted octanol–water partition coefficient (Wildman–Crippen LogP) is 4.89. The van der Waals surface area contributed by atoms with Gasteiger partial charge in [0.15, 0.2) is 11.5 Å². The number of halogens is 1. The number of piperidine rings is 1. The van der Waals surface area contributed by atoms with Gasteiger partial charge in [-0.25, -0.2) is 4.79 Å². The van der Waals surface area contributed by atoms with Crippen molar-refractivity contribution in [3.8, 4) is 11.5 Å². The summed E-state index contributed by atoms with van der Waals surface area (Å²) in [5, 5.41) is 0.363. The normalized spacial score (nSPS) is 14.8. The molecule has 1 saturated heterocycles. The molecule has 2 aromatic carbocycles. The van der Waals surface area contributed by atoms with Gasteiger partial charge >= 0.3 is 5.69 Å². The number of aromatic nitrogens is 2. The van der Waals surface area contributed by atoms with Gasteiger partial charge in [0.1, 0.15) is 0 Å². The number of H-pyrrole nitrogens is 1. The lowest BCUT2D eigenvalue weighted by atomic mass is 10.0. The Hall–Kier alpha value is -2.93. The van der Waals surface area contributed by atoms with Crippen LogP contribution >= 0.6 is 11.6 Å². The SMILES string of the molecule is COc1cc(C(=O)N2CCC(n3c(=O)[nH]c4ccccc43)CC2)cc(Cl)c1OCCC(C)C. The molecule has 176 valence electrons. The molecular formula is C25H30ClN3O4. The maximum Gasteiger partial charge on any atom is 0.326 e. The molecule has 0 aliphatic carbocycles. The highest BCUT2D eigenvalue weighted by atomic mass is 35.5. The summed E-state index contributed by atoms with van der Waals surface area (Å²) in [7, 11) is 1.54. The van der Waals surface area contributed by atoms with E-state index < -0.39 is 0 Å². The van der Waals surface area contributed by atoms with Crippen LogP contribution in [0.5, 0.6) is 11.5 Å². The van der Waals surface area contributed by atoms with Gasteiger partial charge in [-0.3, -0.25) is 9.36 Å². The fourth-order valence-electron chi connectivity index (χ4n) is 4.33. The Morgan fingerprint density at radius 3 is 2.64 bits per heavy atom. The summed E-state index contributed by atoms with van der Waals surface area (Å²) in [5.74, 6) is 1.33. The van der Waals surface area contributed by atoms with Crippen LogP contribution in [-0.2, 0) is 0 Å². The molecule has 8 heteroatoms. The molecule has 0 saturated carbocycles. The monoisotopic (exact) mass is 471 g/mol. The molecule has 1 fully saturated rings. The number of amides is 1. The molecule has 33 heavy (non-hydrogen) atoms. The van der Waals surface area contributed by atoms with E-state index in [4.69, 9.17) is 21.1 Å². The molecule has 3 aromatic rings. The molecule has 1 aromatic heterocycles. The highest BCUT2D eigenvalue weighted by molar-refractivity contribution is 6.32. The molecule has 7 nitrogen and oxygen atoms in total. The zero-order valence-electron chi connectivity index (χ0n) is 19.3. The summed E-state index contributed by atoms with van der Waals surface area (Å²) < 4.78 is 13.1. The van der Waals surface area contributed by atoms with Crippen molar-refractivity contribution in [1.82, 2.24) is 14.5 Å². The van der Waals surface area contributed by atoms with E-state index in [-0.39, 0.29) is 17.6 Å². The summed E-state index contributed by atoms with van der Waals surface area (Å²) in [6.07, 6.45) is 2.30. The van der Waals surface area contributed by atoms with E-state index in [1.807, 2.05) is 28.8 Å². The van der Waals surface area contributed by atoms with Gasteiger partial charge in [0.25, 0.3) is 5.91 Å². The lowest BCUT2D eigenvalue weighted by Crippen LogP contribution is -2.40. The highest BCUT2D eigenvalue weighted by Gasteiger charge is 2.27. The number of hydrogen-bond donors (Lipinski definition) is 1. The zero-order chi connectivity index (χ0) is 23.5. The largest absolute Gasteiger partial charge is 0.493 e. The standard InChI is InChI=1S/C25H30ClN3O4/c1-16(2)10-13-33-23-19(26)14-17(15-22(23)32-3)24(30)28-11-8-18(9-12-28)29-21-7-5-4-6-20(21)27-25(29)31/h4-7,14-16,18H,8-13H2,1-3H3,(H,27,31). The first kappa shape index (κ1) is 23.2. The average molecular weight is 472 g/mol. The molecule has 1 N–H and O–H groups in total. The third kappa shape index (κ3) is 4.88. The number of nitrogens with zero attached hydrogens (tertiary/aromatic N) is 2. The van der Waals surface area contributed by atoms with Crippen LogP contribution in [0.15, 0.2) is 41.2 Å². The molecule has 2 heterocycles. The summed E-state index contributed by atoms with van der Waals surface area (Å²) in [6.45, 7) is 5.90. The van der Waals surface area contributed by atoms with Gasteiger partial charge in [-0.2, -0.15) is 0 Å². The number of hydrogen-bond acceptors (Lipinski definition) is 4. The van der Waals surface area contributed by atoms with Gasteiger partial charge in [0.05, 0.1) is 29.8 Å². The van der Waals surface area contributed by atoms with Crippen LogP contribution in [0.4, 0.5) is 0 Å². The highest BCUT2D eigenvalue weighted by Crippen LogP contribution is 2.37. The number of likely N-dealkylation sites (tertiary alicyclic amines) is 1. The van der Waals surface area contributed by atoms with E-state index in [9.17, 15) is 9.59 Å². The number of carbonyl (C=O) groups excluding carboxylic acids is 1. The number of methoxy groups -OCH3 is 1. The molecule has 1 amide bonds. The number of aromatic amines is 1. The second-order valence-corrected chi connectivity index (χ2v) is 9.27. The van der Waals surface area contributed by atoms with Crippen LogP contribution < -0.4 is 15.2 Å². The number of nitrogens with one attached hydrogen (secondary N) is 1. The van der Waals surface area contributed by atoms with Crippen LogP contribution in [0.3, 0.4) is 0 Å². The number of fused-ring (bicyclic) bond motifs is 1. The lowest BCUT2D eigenvalue weighted by molar-refractivity contribution is 0.0694. The number of para-hydroxylation sites is 2. The van der Waals surface area contributed by atoms with Gasteiger partial charge in [0.2, 0.25) is 0 Å². The maximum absolute atomic E-state index is 13.2. The van der Waals surface area contributed by atoms with Crippen molar-refractivity contribution in [2.45, 2.75) is 39.2 Å². The van der Waals surface area contributed by atoms with Gasteiger partial charge in [-0.1, -0.05) is 37.6 Å². The Morgan fingerprint density at radius 1 is 1.21 bits per heavy atom. The van der Waals surface area contributed by atoms with Crippen molar-refractivity contribution < 1.29 is 14.3 Å².